The first-order chi connectivity index (χ1) is 6.57. The van der Waals surface area contributed by atoms with Crippen LogP contribution in [-0.2, 0) is 9.53 Å². The van der Waals surface area contributed by atoms with Crippen molar-refractivity contribution in [1.82, 2.24) is 0 Å². The van der Waals surface area contributed by atoms with Crippen molar-refractivity contribution in [3.63, 3.8) is 0 Å². The lowest BCUT2D eigenvalue weighted by Gasteiger charge is -1.94. The topological polar surface area (TPSA) is 78.3 Å². The first-order valence-corrected chi connectivity index (χ1v) is 4.31. The maximum absolute atomic E-state index is 9.82. The van der Waals surface area contributed by atoms with Gasteiger partial charge in [0.25, 0.3) is 0 Å². The van der Waals surface area contributed by atoms with Crippen LogP contribution in [0.4, 0.5) is 11.4 Å². The van der Waals surface area contributed by atoms with Gasteiger partial charge in [0.2, 0.25) is 0 Å². The molecule has 0 aliphatic heterocycles. The Hall–Kier alpha value is -1.71. The van der Waals surface area contributed by atoms with Crippen LogP contribution in [0.2, 0.25) is 0 Å². The van der Waals surface area contributed by atoms with Crippen LogP contribution < -0.4 is 11.5 Å². The Bertz CT molecular complexity index is 266. The lowest BCUT2D eigenvalue weighted by Crippen LogP contribution is -1.95. The van der Waals surface area contributed by atoms with Crippen LogP contribution in [-0.4, -0.2) is 12.6 Å². The fraction of sp³-hybridized carbons (Fsp3) is 0.300. The third kappa shape index (κ3) is 5.88. The second-order valence-electron chi connectivity index (χ2n) is 2.55. The predicted molar refractivity (Wildman–Crippen MR) is 57.6 cm³/mol. The van der Waals surface area contributed by atoms with Gasteiger partial charge in [-0.3, -0.25) is 4.79 Å². The monoisotopic (exact) mass is 196 g/mol. The summed E-state index contributed by atoms with van der Waals surface area (Å²) >= 11 is 0. The molecule has 4 nitrogen and oxygen atoms in total. The van der Waals surface area contributed by atoms with Crippen LogP contribution in [0.15, 0.2) is 24.3 Å². The van der Waals surface area contributed by atoms with Gasteiger partial charge in [0, 0.05) is 6.92 Å². The third-order valence-electron chi connectivity index (χ3n) is 1.34. The van der Waals surface area contributed by atoms with Crippen LogP contribution >= 0.6 is 0 Å². The van der Waals surface area contributed by atoms with E-state index < -0.39 is 0 Å². The van der Waals surface area contributed by atoms with Crippen molar-refractivity contribution in [2.24, 2.45) is 0 Å². The average molecular weight is 196 g/mol. The highest BCUT2D eigenvalue weighted by Gasteiger charge is 1.85. The number of nitrogen functional groups attached to an aromatic ring is 2. The van der Waals surface area contributed by atoms with Crippen molar-refractivity contribution in [3.8, 4) is 0 Å². The smallest absolute Gasteiger partial charge is 0.302 e. The minimum absolute atomic E-state index is 0.211. The van der Waals surface area contributed by atoms with Gasteiger partial charge in [-0.1, -0.05) is 12.1 Å². The van der Waals surface area contributed by atoms with E-state index in [-0.39, 0.29) is 5.97 Å². The molecule has 0 aromatic heterocycles. The first kappa shape index (κ1) is 12.3. The maximum atomic E-state index is 9.82. The van der Waals surface area contributed by atoms with E-state index in [4.69, 9.17) is 11.5 Å². The maximum Gasteiger partial charge on any atom is 0.302 e. The molecule has 4 N–H and O–H groups in total. The molecule has 1 rings (SSSR count). The summed E-state index contributed by atoms with van der Waals surface area (Å²) < 4.78 is 4.40. The van der Waals surface area contributed by atoms with Gasteiger partial charge in [0.1, 0.15) is 0 Å². The number of nitrogens with two attached hydrogens (primary N) is 2. The van der Waals surface area contributed by atoms with Crippen LogP contribution in [0.3, 0.4) is 0 Å². The number of ether oxygens (including phenoxy) is 1. The van der Waals surface area contributed by atoms with E-state index in [1.165, 1.54) is 6.92 Å². The molecule has 1 aromatic carbocycles. The summed E-state index contributed by atoms with van der Waals surface area (Å²) in [6.45, 7) is 3.65. The molecule has 0 aliphatic rings. The number of anilines is 2. The zero-order valence-electron chi connectivity index (χ0n) is 8.49. The molecule has 4 heteroatoms. The van der Waals surface area contributed by atoms with Crippen molar-refractivity contribution >= 4 is 17.3 Å². The number of carbonyl (C=O) groups is 1. The summed E-state index contributed by atoms with van der Waals surface area (Å²) in [4.78, 5) is 9.82. The SMILES string of the molecule is CCOC(C)=O.Nc1ccccc1N. The first-order valence-electron chi connectivity index (χ1n) is 4.31. The lowest BCUT2D eigenvalue weighted by molar-refractivity contribution is -0.140. The van der Waals surface area contributed by atoms with E-state index in [9.17, 15) is 4.79 Å². The molecular formula is C10H16N2O2. The summed E-state index contributed by atoms with van der Waals surface area (Å²) in [5.74, 6) is -0.211. The fourth-order valence-electron chi connectivity index (χ4n) is 0.714. The number of hydrogen-bond donors (Lipinski definition) is 2. The molecule has 0 atom stereocenters. The highest BCUT2D eigenvalue weighted by molar-refractivity contribution is 5.65. The molecular weight excluding hydrogens is 180 g/mol. The van der Waals surface area contributed by atoms with Crippen molar-refractivity contribution in [2.45, 2.75) is 13.8 Å². The molecule has 0 radical (unpaired) electrons. The number of esters is 1. The highest BCUT2D eigenvalue weighted by atomic mass is 16.5. The molecule has 0 saturated carbocycles. The molecule has 0 spiro atoms. The number of hydrogen-bond acceptors (Lipinski definition) is 4. The van der Waals surface area contributed by atoms with Crippen molar-refractivity contribution in [3.05, 3.63) is 24.3 Å². The third-order valence-corrected chi connectivity index (χ3v) is 1.34. The van der Waals surface area contributed by atoms with Gasteiger partial charge in [-0.25, -0.2) is 0 Å². The normalized spacial score (nSPS) is 8.43. The Morgan fingerprint density at radius 1 is 1.29 bits per heavy atom. The Balaban J connectivity index is 0.000000255. The van der Waals surface area contributed by atoms with Gasteiger partial charge >= 0.3 is 5.97 Å². The number of para-hydroxylation sites is 2. The van der Waals surface area contributed by atoms with E-state index in [0.29, 0.717) is 18.0 Å². The Kier molecular flexibility index (Phi) is 5.94. The quantitative estimate of drug-likeness (QED) is 0.526. The fourth-order valence-corrected chi connectivity index (χ4v) is 0.714. The van der Waals surface area contributed by atoms with Crippen LogP contribution in [0.5, 0.6) is 0 Å². The second kappa shape index (κ2) is 6.77. The summed E-state index contributed by atoms with van der Waals surface area (Å²) in [6, 6.07) is 7.25. The lowest BCUT2D eigenvalue weighted by atomic mass is 10.3. The second-order valence-corrected chi connectivity index (χ2v) is 2.55. The largest absolute Gasteiger partial charge is 0.466 e. The molecule has 0 amide bonds. The minimum Gasteiger partial charge on any atom is -0.466 e. The zero-order valence-corrected chi connectivity index (χ0v) is 8.49. The predicted octanol–water partition coefficient (Wildman–Crippen LogP) is 1.42. The van der Waals surface area contributed by atoms with E-state index in [0.717, 1.165) is 0 Å². The van der Waals surface area contributed by atoms with E-state index in [1.54, 1.807) is 19.1 Å². The van der Waals surface area contributed by atoms with Gasteiger partial charge in [-0.2, -0.15) is 0 Å². The molecule has 0 heterocycles. The van der Waals surface area contributed by atoms with Crippen LogP contribution in [0.25, 0.3) is 0 Å². The number of rotatable bonds is 1. The van der Waals surface area contributed by atoms with Gasteiger partial charge in [0.05, 0.1) is 18.0 Å². The summed E-state index contributed by atoms with van der Waals surface area (Å²) in [5, 5.41) is 0. The van der Waals surface area contributed by atoms with Gasteiger partial charge in [-0.15, -0.1) is 0 Å². The molecule has 1 aromatic rings. The van der Waals surface area contributed by atoms with Crippen molar-refractivity contribution < 1.29 is 9.53 Å². The number of benzene rings is 1. The van der Waals surface area contributed by atoms with E-state index >= 15 is 0 Å². The minimum atomic E-state index is -0.211. The number of carbonyl (C=O) groups excluding carboxylic acids is 1. The average Bonchev–Trinajstić information content (AvgIpc) is 2.11. The van der Waals surface area contributed by atoms with Gasteiger partial charge in [0.15, 0.2) is 0 Å². The van der Waals surface area contributed by atoms with Crippen LogP contribution in [0.1, 0.15) is 13.8 Å². The van der Waals surface area contributed by atoms with Gasteiger partial charge in [-0.05, 0) is 19.1 Å². The molecule has 0 fully saturated rings. The van der Waals surface area contributed by atoms with E-state index in [2.05, 4.69) is 4.74 Å². The van der Waals surface area contributed by atoms with Crippen LogP contribution in [0, 0.1) is 0 Å². The summed E-state index contributed by atoms with van der Waals surface area (Å²) in [7, 11) is 0. The summed E-state index contributed by atoms with van der Waals surface area (Å²) in [6.07, 6.45) is 0. The molecule has 0 unspecified atom stereocenters. The molecule has 14 heavy (non-hydrogen) atoms. The van der Waals surface area contributed by atoms with Gasteiger partial charge < -0.3 is 16.2 Å². The molecule has 78 valence electrons. The zero-order chi connectivity index (χ0) is 11.0. The molecule has 0 saturated heterocycles. The van der Waals surface area contributed by atoms with Crippen molar-refractivity contribution in [2.75, 3.05) is 18.1 Å². The highest BCUT2D eigenvalue weighted by Crippen LogP contribution is 2.10. The molecule has 0 bridgehead atoms. The van der Waals surface area contributed by atoms with E-state index in [1.807, 2.05) is 12.1 Å². The Morgan fingerprint density at radius 2 is 1.71 bits per heavy atom. The summed E-state index contributed by atoms with van der Waals surface area (Å²) in [5.41, 5.74) is 12.1. The van der Waals surface area contributed by atoms with Crippen molar-refractivity contribution in [1.29, 1.82) is 0 Å². The standard InChI is InChI=1S/C6H8N2.C4H8O2/c7-5-3-1-2-4-6(5)8;1-3-6-4(2)5/h1-4H,7-8H2;3H2,1-2H3. The Labute approximate surface area is 83.9 Å². The Morgan fingerprint density at radius 3 is 1.86 bits per heavy atom. The molecule has 0 aliphatic carbocycles.